The molecule has 0 saturated heterocycles. The van der Waals surface area contributed by atoms with Crippen LogP contribution in [0.25, 0.3) is 0 Å². The number of hydrogen-bond donors (Lipinski definition) is 0. The molecule has 0 aromatic heterocycles. The van der Waals surface area contributed by atoms with Crippen LogP contribution >= 0.6 is 0 Å². The second-order valence-corrected chi connectivity index (χ2v) is 38.8. The Hall–Kier alpha value is 0. The molecule has 0 fully saturated rings. The van der Waals surface area contributed by atoms with E-state index in [-0.39, 0.29) is 0 Å². The highest BCUT2D eigenvalue weighted by Crippen LogP contribution is 2.32. The van der Waals surface area contributed by atoms with E-state index in [9.17, 15) is 0 Å². The first-order valence-corrected chi connectivity index (χ1v) is 40.2. The normalized spacial score (nSPS) is 12.9. The van der Waals surface area contributed by atoms with Crippen LogP contribution in [0.1, 0.15) is 468 Å². The van der Waals surface area contributed by atoms with Crippen molar-refractivity contribution in [2.45, 2.75) is 468 Å². The summed E-state index contributed by atoms with van der Waals surface area (Å²) in [4.78, 5) is 0. The number of unbranched alkanes of at least 4 members (excludes halogenated alkanes) is 1. The van der Waals surface area contributed by atoms with Crippen LogP contribution in [0, 0.1) is 122 Å². The molecule has 564 valence electrons. The molecule has 0 N–H and O–H groups in total. The van der Waals surface area contributed by atoms with Crippen molar-refractivity contribution in [2.75, 3.05) is 0 Å². The molecule has 0 bridgehead atoms. The molecule has 0 rings (SSSR count). The lowest BCUT2D eigenvalue weighted by Crippen LogP contribution is -2.16. The van der Waals surface area contributed by atoms with Crippen LogP contribution in [0.4, 0.5) is 0 Å². The molecular weight excluding hydrogens is 1080 g/mol. The molecular formula is C90H204. The van der Waals surface area contributed by atoms with Crippen LogP contribution < -0.4 is 0 Å². The molecule has 0 aliphatic heterocycles. The second-order valence-electron chi connectivity index (χ2n) is 38.8. The molecule has 4 unspecified atom stereocenters. The minimum Gasteiger partial charge on any atom is -0.0654 e. The minimum atomic E-state index is 0.484. The average Bonchev–Trinajstić information content (AvgIpc) is 3.56. The van der Waals surface area contributed by atoms with Gasteiger partial charge in [0.15, 0.2) is 0 Å². The summed E-state index contributed by atoms with van der Waals surface area (Å²) in [5.41, 5.74) is 2.58. The maximum absolute atomic E-state index is 2.39. The van der Waals surface area contributed by atoms with Crippen LogP contribution in [0.15, 0.2) is 0 Å². The molecule has 0 aromatic carbocycles. The summed E-state index contributed by atoms with van der Waals surface area (Å²) in [5, 5.41) is 0. The maximum Gasteiger partial charge on any atom is -0.0378 e. The van der Waals surface area contributed by atoms with Crippen molar-refractivity contribution in [3.63, 3.8) is 0 Å². The predicted octanol–water partition coefficient (Wildman–Crippen LogP) is 35.0. The lowest BCUT2D eigenvalue weighted by atomic mass is 9.78. The number of rotatable bonds is 23. The van der Waals surface area contributed by atoms with Gasteiger partial charge in [-0.2, -0.15) is 0 Å². The summed E-state index contributed by atoms with van der Waals surface area (Å²) in [7, 11) is 0. The van der Waals surface area contributed by atoms with E-state index in [0.717, 1.165) is 94.7 Å². The van der Waals surface area contributed by atoms with Crippen molar-refractivity contribution in [3.8, 4) is 0 Å². The standard InChI is InChI=1S/C12H26.C9H20.3C8H18.3C7H16.4C6H14/c1-6-11(4)7-8-12(5)9-10(2)3;1-8(2,3)7-9(4,5)6;1-7(2)6-8(3,4)5;1-6(2)8(5)7(3)4;1-4-6-7-8(3)5-2;1-6(2)5-7(3)4;1-5-6-7(2,3)4;1-5-7(4)6(2)3;1-5-6(2,3)4;1-5(2)6(3)4;1-4-5-6(2)3;1-4-6(3)5-2/h10-12H,6-9H2,1-5H3;7H2,1-6H3;7H,6H2,1-5H3;6-8H,1-5H3;8H,4-7H2,1-3H3;6-7H,5H2,1-4H3;5-6H2,1-4H3;6-7H,5H2,1-4H3;5H2,1-4H3;5-6H,1-4H3;2*6H,4-5H2,1-3H3. The molecule has 0 aliphatic rings. The minimum absolute atomic E-state index is 0.484. The van der Waals surface area contributed by atoms with Crippen molar-refractivity contribution in [1.82, 2.24) is 0 Å². The van der Waals surface area contributed by atoms with Gasteiger partial charge in [0, 0.05) is 0 Å². The molecule has 0 aromatic rings. The molecule has 0 amide bonds. The van der Waals surface area contributed by atoms with Gasteiger partial charge in [0.25, 0.3) is 0 Å². The molecule has 90 heavy (non-hydrogen) atoms. The van der Waals surface area contributed by atoms with Gasteiger partial charge in [-0.25, -0.2) is 0 Å². The van der Waals surface area contributed by atoms with E-state index in [4.69, 9.17) is 0 Å². The highest BCUT2D eigenvalue weighted by atomic mass is 14.3. The first-order valence-electron chi connectivity index (χ1n) is 40.2. The second kappa shape index (κ2) is 73.3. The Morgan fingerprint density at radius 3 is 0.656 bits per heavy atom. The third kappa shape index (κ3) is 163. The zero-order chi connectivity index (χ0) is 75.2. The first kappa shape index (κ1) is 117. The van der Waals surface area contributed by atoms with Crippen molar-refractivity contribution in [3.05, 3.63) is 0 Å². The molecule has 0 spiro atoms. The summed E-state index contributed by atoms with van der Waals surface area (Å²) in [5.74, 6) is 14.1. The van der Waals surface area contributed by atoms with E-state index in [1.54, 1.807) is 0 Å². The SMILES string of the molecule is CC(C)(C)CC(C)(C)C.CC(C)C(C)C.CC(C)C(C)C(C)C.CC(C)CC(C)(C)C.CC(C)CC(C)C.CCC(C)(C)C.CCC(C)C(C)C.CCC(C)CC.CCC(C)CCC(C)CC(C)C.CCCC(C)(C)C.CCCC(C)C.CCCCC(C)CC. The molecule has 4 atom stereocenters. The van der Waals surface area contributed by atoms with Crippen LogP contribution in [0.5, 0.6) is 0 Å². The van der Waals surface area contributed by atoms with Gasteiger partial charge < -0.3 is 0 Å². The van der Waals surface area contributed by atoms with Gasteiger partial charge in [-0.1, -0.05) is 436 Å². The lowest BCUT2D eigenvalue weighted by molar-refractivity contribution is 0.233. The van der Waals surface area contributed by atoms with Gasteiger partial charge in [-0.05, 0) is 154 Å². The molecule has 0 saturated carbocycles. The van der Waals surface area contributed by atoms with Crippen molar-refractivity contribution in [1.29, 1.82) is 0 Å². The van der Waals surface area contributed by atoms with E-state index in [1.807, 2.05) is 0 Å². The van der Waals surface area contributed by atoms with E-state index in [1.165, 1.54) is 122 Å². The van der Waals surface area contributed by atoms with Crippen LogP contribution in [-0.2, 0) is 0 Å². The quantitative estimate of drug-likeness (QED) is 0.0957. The predicted molar refractivity (Wildman–Crippen MR) is 439 cm³/mol. The first-order chi connectivity index (χ1) is 40.2. The summed E-state index contributed by atoms with van der Waals surface area (Å²) in [6.45, 7) is 114. The topological polar surface area (TPSA) is 0 Å². The van der Waals surface area contributed by atoms with Gasteiger partial charge in [-0.3, -0.25) is 0 Å². The van der Waals surface area contributed by atoms with E-state index < -0.39 is 0 Å². The lowest BCUT2D eigenvalue weighted by Gasteiger charge is -2.28. The smallest absolute Gasteiger partial charge is 0.0378 e. The van der Waals surface area contributed by atoms with Crippen molar-refractivity contribution >= 4 is 0 Å². The Morgan fingerprint density at radius 1 is 0.244 bits per heavy atom. The fraction of sp³-hybridized carbons (Fsp3) is 1.00. The Balaban J connectivity index is -0.0000000742. The third-order valence-corrected chi connectivity index (χ3v) is 17.0. The fourth-order valence-corrected chi connectivity index (χ4v) is 9.07. The Labute approximate surface area is 586 Å². The summed E-state index contributed by atoms with van der Waals surface area (Å²) in [6, 6.07) is 0. The van der Waals surface area contributed by atoms with E-state index in [2.05, 4.69) is 346 Å². The van der Waals surface area contributed by atoms with Gasteiger partial charge in [0.1, 0.15) is 0 Å². The van der Waals surface area contributed by atoms with E-state index >= 15 is 0 Å². The highest BCUT2D eigenvalue weighted by Gasteiger charge is 2.20. The van der Waals surface area contributed by atoms with Crippen molar-refractivity contribution in [2.24, 2.45) is 122 Å². The summed E-state index contributed by atoms with van der Waals surface area (Å²) < 4.78 is 0. The van der Waals surface area contributed by atoms with Crippen LogP contribution in [-0.4, -0.2) is 0 Å². The Kier molecular flexibility index (Phi) is 95.4. The summed E-state index contributed by atoms with van der Waals surface area (Å²) in [6.07, 6.45) is 25.7. The van der Waals surface area contributed by atoms with Crippen LogP contribution in [0.2, 0.25) is 0 Å². The van der Waals surface area contributed by atoms with Gasteiger partial charge in [-0.15, -0.1) is 0 Å². The monoisotopic (exact) mass is 1290 g/mol. The van der Waals surface area contributed by atoms with Gasteiger partial charge in [0.05, 0.1) is 0 Å². The summed E-state index contributed by atoms with van der Waals surface area (Å²) >= 11 is 0. The van der Waals surface area contributed by atoms with E-state index in [0.29, 0.717) is 27.1 Å². The van der Waals surface area contributed by atoms with Gasteiger partial charge in [0.2, 0.25) is 0 Å². The maximum atomic E-state index is 2.39. The molecule has 0 aliphatic carbocycles. The average molecular weight is 1290 g/mol. The van der Waals surface area contributed by atoms with Gasteiger partial charge >= 0.3 is 0 Å². The largest absolute Gasteiger partial charge is 0.0654 e. The molecule has 0 nitrogen and oxygen atoms in total. The molecule has 0 radical (unpaired) electrons. The third-order valence-electron chi connectivity index (χ3n) is 17.0. The molecule has 0 heteroatoms. The zero-order valence-electron chi connectivity index (χ0n) is 75.2. The molecule has 0 heterocycles. The van der Waals surface area contributed by atoms with Crippen molar-refractivity contribution < 1.29 is 0 Å². The Morgan fingerprint density at radius 2 is 0.567 bits per heavy atom. The Bertz CT molecular complexity index is 1180. The fourth-order valence-electron chi connectivity index (χ4n) is 9.07. The van der Waals surface area contributed by atoms with Crippen LogP contribution in [0.3, 0.4) is 0 Å². The zero-order valence-corrected chi connectivity index (χ0v) is 75.2. The highest BCUT2D eigenvalue weighted by molar-refractivity contribution is 4.71. The number of hydrogen-bond acceptors (Lipinski definition) is 0.